The SMILES string of the molecule is CCc1cccc(CC)c1NC(=O)COc1ccc(S(=O)(=O)NC2CCCCC2)cc1C. The zero-order valence-corrected chi connectivity index (χ0v) is 20.1. The number of benzene rings is 2. The average molecular weight is 459 g/mol. The Morgan fingerprint density at radius 3 is 2.28 bits per heavy atom. The fourth-order valence-corrected chi connectivity index (χ4v) is 5.57. The van der Waals surface area contributed by atoms with Crippen LogP contribution < -0.4 is 14.8 Å². The summed E-state index contributed by atoms with van der Waals surface area (Å²) in [6.07, 6.45) is 6.71. The number of carbonyl (C=O) groups excluding carboxylic acids is 1. The number of anilines is 1. The summed E-state index contributed by atoms with van der Waals surface area (Å²) in [7, 11) is -3.57. The zero-order valence-electron chi connectivity index (χ0n) is 19.2. The van der Waals surface area contributed by atoms with Gasteiger partial charge in [0.05, 0.1) is 4.90 Å². The summed E-state index contributed by atoms with van der Waals surface area (Å²) >= 11 is 0. The summed E-state index contributed by atoms with van der Waals surface area (Å²) in [4.78, 5) is 12.8. The Morgan fingerprint density at radius 2 is 1.69 bits per heavy atom. The van der Waals surface area contributed by atoms with E-state index in [4.69, 9.17) is 4.74 Å². The normalized spacial score (nSPS) is 14.8. The molecule has 7 heteroatoms. The number of carbonyl (C=O) groups is 1. The molecule has 1 aliphatic carbocycles. The highest BCUT2D eigenvalue weighted by Crippen LogP contribution is 2.25. The Balaban J connectivity index is 1.63. The number of sulfonamides is 1. The highest BCUT2D eigenvalue weighted by molar-refractivity contribution is 7.89. The first kappa shape index (κ1) is 24.3. The maximum absolute atomic E-state index is 12.7. The first-order valence-corrected chi connectivity index (χ1v) is 13.0. The molecule has 0 unspecified atom stereocenters. The summed E-state index contributed by atoms with van der Waals surface area (Å²) in [6, 6.07) is 10.8. The molecule has 0 heterocycles. The fourth-order valence-electron chi connectivity index (χ4n) is 4.18. The second-order valence-electron chi connectivity index (χ2n) is 8.38. The van der Waals surface area contributed by atoms with Crippen molar-refractivity contribution in [2.45, 2.75) is 76.7 Å². The number of hydrogen-bond donors (Lipinski definition) is 2. The molecule has 2 aromatic carbocycles. The summed E-state index contributed by atoms with van der Waals surface area (Å²) < 4.78 is 34.0. The smallest absolute Gasteiger partial charge is 0.262 e. The van der Waals surface area contributed by atoms with E-state index in [1.807, 2.05) is 18.2 Å². The lowest BCUT2D eigenvalue weighted by molar-refractivity contribution is -0.118. The number of ether oxygens (including phenoxy) is 1. The topological polar surface area (TPSA) is 84.5 Å². The van der Waals surface area contributed by atoms with Gasteiger partial charge in [-0.1, -0.05) is 51.3 Å². The van der Waals surface area contributed by atoms with Crippen LogP contribution in [0.15, 0.2) is 41.3 Å². The second-order valence-corrected chi connectivity index (χ2v) is 10.1. The number of hydrogen-bond acceptors (Lipinski definition) is 4. The third-order valence-corrected chi connectivity index (χ3v) is 7.52. The third-order valence-electron chi connectivity index (χ3n) is 6.01. The summed E-state index contributed by atoms with van der Waals surface area (Å²) in [5, 5.41) is 2.98. The average Bonchev–Trinajstić information content (AvgIpc) is 2.78. The Hall–Kier alpha value is -2.38. The van der Waals surface area contributed by atoms with Gasteiger partial charge in [-0.15, -0.1) is 0 Å². The number of rotatable bonds is 9. The molecular formula is C25H34N2O4S. The Bertz CT molecular complexity index is 1020. The van der Waals surface area contributed by atoms with Crippen molar-refractivity contribution in [2.75, 3.05) is 11.9 Å². The maximum atomic E-state index is 12.7. The van der Waals surface area contributed by atoms with Gasteiger partial charge in [-0.25, -0.2) is 13.1 Å². The van der Waals surface area contributed by atoms with Crippen molar-refractivity contribution in [3.05, 3.63) is 53.1 Å². The van der Waals surface area contributed by atoms with Crippen molar-refractivity contribution in [3.8, 4) is 5.75 Å². The van der Waals surface area contributed by atoms with Crippen molar-refractivity contribution in [1.29, 1.82) is 0 Å². The van der Waals surface area contributed by atoms with Crippen molar-refractivity contribution in [1.82, 2.24) is 4.72 Å². The highest BCUT2D eigenvalue weighted by Gasteiger charge is 2.22. The van der Waals surface area contributed by atoms with Crippen molar-refractivity contribution >= 4 is 21.6 Å². The van der Waals surface area contributed by atoms with Gasteiger partial charge >= 0.3 is 0 Å². The minimum absolute atomic E-state index is 0.00712. The van der Waals surface area contributed by atoms with Gasteiger partial charge in [-0.3, -0.25) is 4.79 Å². The standard InChI is InChI=1S/C25H34N2O4S/c1-4-19-10-9-11-20(5-2)25(19)26-24(28)17-31-23-15-14-22(16-18(23)3)32(29,30)27-21-12-7-6-8-13-21/h9-11,14-16,21,27H,4-8,12-13,17H2,1-3H3,(H,26,28). The lowest BCUT2D eigenvalue weighted by Gasteiger charge is -2.22. The summed E-state index contributed by atoms with van der Waals surface area (Å²) in [6.45, 7) is 5.76. The van der Waals surface area contributed by atoms with Crippen molar-refractivity contribution < 1.29 is 17.9 Å². The van der Waals surface area contributed by atoms with Gasteiger partial charge in [0.2, 0.25) is 10.0 Å². The van der Waals surface area contributed by atoms with Gasteiger partial charge in [0.1, 0.15) is 5.75 Å². The molecule has 1 aliphatic rings. The maximum Gasteiger partial charge on any atom is 0.262 e. The van der Waals surface area contributed by atoms with Crippen LogP contribution in [-0.4, -0.2) is 27.0 Å². The fraction of sp³-hybridized carbons (Fsp3) is 0.480. The van der Waals surface area contributed by atoms with Gasteiger partial charge in [0.25, 0.3) is 5.91 Å². The van der Waals surface area contributed by atoms with Crippen LogP contribution in [0.2, 0.25) is 0 Å². The van der Waals surface area contributed by atoms with E-state index in [0.29, 0.717) is 11.3 Å². The van der Waals surface area contributed by atoms with Crippen molar-refractivity contribution in [3.63, 3.8) is 0 Å². The van der Waals surface area contributed by atoms with E-state index in [-0.39, 0.29) is 23.5 Å². The summed E-state index contributed by atoms with van der Waals surface area (Å²) in [5.74, 6) is 0.256. The van der Waals surface area contributed by atoms with E-state index in [1.54, 1.807) is 19.1 Å². The van der Waals surface area contributed by atoms with Crippen LogP contribution in [0.25, 0.3) is 0 Å². The van der Waals surface area contributed by atoms with Crippen molar-refractivity contribution in [2.24, 2.45) is 0 Å². The second kappa shape index (κ2) is 11.0. The van der Waals surface area contributed by atoms with E-state index in [2.05, 4.69) is 23.9 Å². The van der Waals surface area contributed by atoms with Gasteiger partial charge in [0, 0.05) is 11.7 Å². The Kier molecular flexibility index (Phi) is 8.32. The van der Waals surface area contributed by atoms with E-state index in [1.165, 1.54) is 12.5 Å². The number of amides is 1. The van der Waals surface area contributed by atoms with Crippen LogP contribution in [0.3, 0.4) is 0 Å². The predicted molar refractivity (Wildman–Crippen MR) is 128 cm³/mol. The molecule has 0 saturated heterocycles. The largest absolute Gasteiger partial charge is 0.483 e. The van der Waals surface area contributed by atoms with Crippen LogP contribution in [0.5, 0.6) is 5.75 Å². The first-order valence-electron chi connectivity index (χ1n) is 11.5. The number of para-hydroxylation sites is 1. The molecule has 2 aromatic rings. The predicted octanol–water partition coefficient (Wildman–Crippen LogP) is 4.75. The molecule has 0 bridgehead atoms. The van der Waals surface area contributed by atoms with Crippen LogP contribution in [0, 0.1) is 6.92 Å². The molecule has 0 aromatic heterocycles. The Morgan fingerprint density at radius 1 is 1.03 bits per heavy atom. The number of aryl methyl sites for hydroxylation is 3. The molecule has 0 spiro atoms. The highest BCUT2D eigenvalue weighted by atomic mass is 32.2. The van der Waals surface area contributed by atoms with Crippen LogP contribution in [0.1, 0.15) is 62.6 Å². The molecule has 32 heavy (non-hydrogen) atoms. The molecule has 174 valence electrons. The minimum Gasteiger partial charge on any atom is -0.483 e. The quantitative estimate of drug-likeness (QED) is 0.568. The molecular weight excluding hydrogens is 424 g/mol. The van der Waals surface area contributed by atoms with Gasteiger partial charge in [0.15, 0.2) is 6.61 Å². The monoisotopic (exact) mass is 458 g/mol. The molecule has 6 nitrogen and oxygen atoms in total. The van der Waals surface area contributed by atoms with Crippen LogP contribution in [-0.2, 0) is 27.7 Å². The molecule has 1 fully saturated rings. The van der Waals surface area contributed by atoms with E-state index in [9.17, 15) is 13.2 Å². The molecule has 3 rings (SSSR count). The van der Waals surface area contributed by atoms with E-state index < -0.39 is 10.0 Å². The van der Waals surface area contributed by atoms with E-state index >= 15 is 0 Å². The molecule has 0 aliphatic heterocycles. The van der Waals surface area contributed by atoms with E-state index in [0.717, 1.165) is 55.3 Å². The molecule has 2 N–H and O–H groups in total. The van der Waals surface area contributed by atoms with Crippen LogP contribution in [0.4, 0.5) is 5.69 Å². The number of nitrogens with one attached hydrogen (secondary N) is 2. The lowest BCUT2D eigenvalue weighted by atomic mass is 9.96. The first-order chi connectivity index (χ1) is 15.3. The Labute approximate surface area is 191 Å². The zero-order chi connectivity index (χ0) is 23.1. The molecule has 1 amide bonds. The van der Waals surface area contributed by atoms with Gasteiger partial charge in [-0.2, -0.15) is 0 Å². The third kappa shape index (κ3) is 6.11. The van der Waals surface area contributed by atoms with Gasteiger partial charge in [-0.05, 0) is 67.5 Å². The minimum atomic E-state index is -3.57. The molecule has 0 radical (unpaired) electrons. The van der Waals surface area contributed by atoms with Gasteiger partial charge < -0.3 is 10.1 Å². The lowest BCUT2D eigenvalue weighted by Crippen LogP contribution is -2.36. The molecule has 1 saturated carbocycles. The molecule has 0 atom stereocenters. The summed E-state index contributed by atoms with van der Waals surface area (Å²) in [5.41, 5.74) is 3.72. The van der Waals surface area contributed by atoms with Crippen LogP contribution >= 0.6 is 0 Å².